The van der Waals surface area contributed by atoms with E-state index < -0.39 is 0 Å². The quantitative estimate of drug-likeness (QED) is 0.784. The Morgan fingerprint density at radius 1 is 1.10 bits per heavy atom. The highest BCUT2D eigenvalue weighted by atomic mass is 15.3. The summed E-state index contributed by atoms with van der Waals surface area (Å²) < 4.78 is 0. The van der Waals surface area contributed by atoms with Crippen LogP contribution in [0.25, 0.3) is 0 Å². The lowest BCUT2D eigenvalue weighted by Crippen LogP contribution is -2.69. The van der Waals surface area contributed by atoms with Crippen LogP contribution in [0.1, 0.15) is 79.1 Å². The van der Waals surface area contributed by atoms with Crippen LogP contribution in [0.5, 0.6) is 0 Å². The van der Waals surface area contributed by atoms with Gasteiger partial charge in [-0.2, -0.15) is 0 Å². The lowest BCUT2D eigenvalue weighted by atomic mass is 9.82. The predicted molar refractivity (Wildman–Crippen MR) is 88.2 cm³/mol. The van der Waals surface area contributed by atoms with Crippen LogP contribution in [-0.4, -0.2) is 35.6 Å². The van der Waals surface area contributed by atoms with E-state index in [0.29, 0.717) is 11.1 Å². The summed E-state index contributed by atoms with van der Waals surface area (Å²) in [6.45, 7) is 13.3. The Balaban J connectivity index is 2.02. The van der Waals surface area contributed by atoms with Crippen molar-refractivity contribution in [3.63, 3.8) is 0 Å². The number of rotatable bonds is 6. The van der Waals surface area contributed by atoms with Crippen LogP contribution in [0.15, 0.2) is 0 Å². The standard InChI is InChI=1S/C18H36N2/c1-5-18(6-2)14-19-17(11-7-8-12-17)15-20(18)13-9-10-16(3)4/h16,19H,5-15H2,1-4H3. The van der Waals surface area contributed by atoms with Crippen molar-refractivity contribution in [2.45, 2.75) is 90.1 Å². The first-order valence-corrected chi connectivity index (χ1v) is 9.06. The first-order chi connectivity index (χ1) is 9.56. The van der Waals surface area contributed by atoms with Crippen LogP contribution in [0.4, 0.5) is 0 Å². The fourth-order valence-electron chi connectivity index (χ4n) is 4.39. The maximum atomic E-state index is 3.97. The normalized spacial score (nSPS) is 25.6. The maximum Gasteiger partial charge on any atom is 0.0329 e. The van der Waals surface area contributed by atoms with Crippen LogP contribution < -0.4 is 5.32 Å². The second kappa shape index (κ2) is 6.79. The molecule has 0 bridgehead atoms. The van der Waals surface area contributed by atoms with Crippen molar-refractivity contribution >= 4 is 0 Å². The zero-order valence-electron chi connectivity index (χ0n) is 14.3. The molecular weight excluding hydrogens is 244 g/mol. The second-order valence-corrected chi connectivity index (χ2v) is 7.73. The average molecular weight is 280 g/mol. The molecular formula is C18H36N2. The summed E-state index contributed by atoms with van der Waals surface area (Å²) in [7, 11) is 0. The number of piperazine rings is 1. The molecule has 0 aromatic heterocycles. The van der Waals surface area contributed by atoms with Crippen molar-refractivity contribution in [3.05, 3.63) is 0 Å². The van der Waals surface area contributed by atoms with Gasteiger partial charge >= 0.3 is 0 Å². The Labute approximate surface area is 126 Å². The SMILES string of the molecule is CCC1(CC)CNC2(CCCC2)CN1CCCC(C)C. The monoisotopic (exact) mass is 280 g/mol. The van der Waals surface area contributed by atoms with Crippen LogP contribution >= 0.6 is 0 Å². The van der Waals surface area contributed by atoms with Gasteiger partial charge in [0.2, 0.25) is 0 Å². The lowest BCUT2D eigenvalue weighted by Gasteiger charge is -2.54. The number of hydrogen-bond acceptors (Lipinski definition) is 2. The minimum atomic E-state index is 0.421. The summed E-state index contributed by atoms with van der Waals surface area (Å²) in [5, 5.41) is 3.97. The van der Waals surface area contributed by atoms with Crippen LogP contribution in [0, 0.1) is 5.92 Å². The molecule has 0 aromatic carbocycles. The minimum Gasteiger partial charge on any atom is -0.308 e. The molecule has 118 valence electrons. The third kappa shape index (κ3) is 3.39. The molecule has 2 aliphatic rings. The third-order valence-electron chi connectivity index (χ3n) is 6.04. The zero-order chi connectivity index (χ0) is 14.6. The maximum absolute atomic E-state index is 3.97. The Morgan fingerprint density at radius 2 is 1.75 bits per heavy atom. The smallest absolute Gasteiger partial charge is 0.0329 e. The summed E-state index contributed by atoms with van der Waals surface area (Å²) in [5.74, 6) is 0.844. The molecule has 0 aromatic rings. The van der Waals surface area contributed by atoms with E-state index in [1.807, 2.05) is 0 Å². The highest BCUT2D eigenvalue weighted by Crippen LogP contribution is 2.38. The van der Waals surface area contributed by atoms with Gasteiger partial charge in [-0.15, -0.1) is 0 Å². The van der Waals surface area contributed by atoms with Crippen molar-refractivity contribution < 1.29 is 0 Å². The minimum absolute atomic E-state index is 0.421. The largest absolute Gasteiger partial charge is 0.308 e. The highest BCUT2D eigenvalue weighted by Gasteiger charge is 2.46. The highest BCUT2D eigenvalue weighted by molar-refractivity contribution is 5.06. The molecule has 0 radical (unpaired) electrons. The third-order valence-corrected chi connectivity index (χ3v) is 6.04. The Morgan fingerprint density at radius 3 is 2.30 bits per heavy atom. The molecule has 2 heteroatoms. The van der Waals surface area contributed by atoms with Gasteiger partial charge in [-0.3, -0.25) is 4.90 Å². The van der Waals surface area contributed by atoms with Gasteiger partial charge in [-0.25, -0.2) is 0 Å². The van der Waals surface area contributed by atoms with E-state index in [9.17, 15) is 0 Å². The van der Waals surface area contributed by atoms with E-state index in [4.69, 9.17) is 0 Å². The molecule has 0 amide bonds. The van der Waals surface area contributed by atoms with Crippen molar-refractivity contribution in [3.8, 4) is 0 Å². The van der Waals surface area contributed by atoms with Gasteiger partial charge in [0.1, 0.15) is 0 Å². The van der Waals surface area contributed by atoms with E-state index in [-0.39, 0.29) is 0 Å². The van der Waals surface area contributed by atoms with Crippen molar-refractivity contribution in [1.29, 1.82) is 0 Å². The molecule has 1 heterocycles. The van der Waals surface area contributed by atoms with Gasteiger partial charge in [0, 0.05) is 24.2 Å². The van der Waals surface area contributed by atoms with E-state index >= 15 is 0 Å². The first-order valence-electron chi connectivity index (χ1n) is 9.06. The molecule has 20 heavy (non-hydrogen) atoms. The topological polar surface area (TPSA) is 15.3 Å². The summed E-state index contributed by atoms with van der Waals surface area (Å²) in [6, 6.07) is 0. The summed E-state index contributed by atoms with van der Waals surface area (Å²) in [4.78, 5) is 2.87. The Kier molecular flexibility index (Phi) is 5.53. The summed E-state index contributed by atoms with van der Waals surface area (Å²) in [5.41, 5.74) is 0.885. The van der Waals surface area contributed by atoms with E-state index in [1.54, 1.807) is 0 Å². The molecule has 1 spiro atoms. The van der Waals surface area contributed by atoms with E-state index in [0.717, 1.165) is 5.92 Å². The van der Waals surface area contributed by atoms with Crippen molar-refractivity contribution in [2.75, 3.05) is 19.6 Å². The fraction of sp³-hybridized carbons (Fsp3) is 1.00. The van der Waals surface area contributed by atoms with Gasteiger partial charge < -0.3 is 5.32 Å². The number of nitrogens with one attached hydrogen (secondary N) is 1. The van der Waals surface area contributed by atoms with Crippen LogP contribution in [0.2, 0.25) is 0 Å². The Bertz CT molecular complexity index is 288. The zero-order valence-corrected chi connectivity index (χ0v) is 14.3. The first kappa shape index (κ1) is 16.3. The molecule has 0 atom stereocenters. The van der Waals surface area contributed by atoms with Crippen LogP contribution in [-0.2, 0) is 0 Å². The fourth-order valence-corrected chi connectivity index (χ4v) is 4.39. The molecule has 1 N–H and O–H groups in total. The van der Waals surface area contributed by atoms with Crippen LogP contribution in [0.3, 0.4) is 0 Å². The number of hydrogen-bond donors (Lipinski definition) is 1. The van der Waals surface area contributed by atoms with Crippen molar-refractivity contribution in [2.24, 2.45) is 5.92 Å². The van der Waals surface area contributed by atoms with Gasteiger partial charge in [0.05, 0.1) is 0 Å². The molecule has 1 saturated heterocycles. The molecule has 2 fully saturated rings. The molecule has 2 rings (SSSR count). The van der Waals surface area contributed by atoms with Gasteiger partial charge in [0.25, 0.3) is 0 Å². The summed E-state index contributed by atoms with van der Waals surface area (Å²) in [6.07, 6.45) is 11.0. The molecule has 2 nitrogen and oxygen atoms in total. The lowest BCUT2D eigenvalue weighted by molar-refractivity contribution is -0.00161. The van der Waals surface area contributed by atoms with Gasteiger partial charge in [-0.05, 0) is 51.0 Å². The molecule has 1 saturated carbocycles. The van der Waals surface area contributed by atoms with E-state index in [1.165, 1.54) is 71.0 Å². The average Bonchev–Trinajstić information content (AvgIpc) is 2.88. The van der Waals surface area contributed by atoms with E-state index in [2.05, 4.69) is 37.9 Å². The predicted octanol–water partition coefficient (Wildman–Crippen LogP) is 4.20. The summed E-state index contributed by atoms with van der Waals surface area (Å²) >= 11 is 0. The van der Waals surface area contributed by atoms with Gasteiger partial charge in [-0.1, -0.05) is 40.5 Å². The number of nitrogens with zero attached hydrogens (tertiary/aromatic N) is 1. The Hall–Kier alpha value is -0.0800. The second-order valence-electron chi connectivity index (χ2n) is 7.73. The molecule has 0 unspecified atom stereocenters. The molecule has 1 aliphatic heterocycles. The van der Waals surface area contributed by atoms with Crippen molar-refractivity contribution in [1.82, 2.24) is 10.2 Å². The molecule has 1 aliphatic carbocycles. The van der Waals surface area contributed by atoms with Gasteiger partial charge in [0.15, 0.2) is 0 Å².